The number of hydrogen-bond acceptors (Lipinski definition) is 6. The van der Waals surface area contributed by atoms with E-state index in [-0.39, 0.29) is 13.2 Å². The molecule has 1 atom stereocenters. The Morgan fingerprint density at radius 2 is 1.56 bits per heavy atom. The topological polar surface area (TPSA) is 86.7 Å². The number of carbonyl (C=O) groups excluding carboxylic acids is 4. The third-order valence-electron chi connectivity index (χ3n) is 1.41. The normalized spacial score (nSPS) is 11.4. The molecule has 0 N–H and O–H groups in total. The van der Waals surface area contributed by atoms with Crippen molar-refractivity contribution in [2.24, 2.45) is 0 Å². The molecular formula is C9H11ClO6. The lowest BCUT2D eigenvalue weighted by Crippen LogP contribution is -2.37. The zero-order valence-corrected chi connectivity index (χ0v) is 9.57. The van der Waals surface area contributed by atoms with E-state index < -0.39 is 28.9 Å². The lowest BCUT2D eigenvalue weighted by Gasteiger charge is -2.06. The molecule has 90 valence electrons. The fraction of sp³-hybridized carbons (Fsp3) is 0.556. The predicted octanol–water partition coefficient (Wildman–Crippen LogP) is -0.142. The van der Waals surface area contributed by atoms with Crippen LogP contribution in [0.25, 0.3) is 0 Å². The van der Waals surface area contributed by atoms with Gasteiger partial charge >= 0.3 is 17.7 Å². The van der Waals surface area contributed by atoms with Gasteiger partial charge in [0.1, 0.15) is 0 Å². The SMILES string of the molecule is CCOC(=O)C(=O)C(=O)C(Cl)C(=O)OCC. The Balaban J connectivity index is 4.49. The van der Waals surface area contributed by atoms with E-state index in [0.717, 1.165) is 0 Å². The highest BCUT2D eigenvalue weighted by Crippen LogP contribution is 2.03. The minimum absolute atomic E-state index is 0.0168. The van der Waals surface area contributed by atoms with E-state index in [1.165, 1.54) is 13.8 Å². The van der Waals surface area contributed by atoms with Crippen LogP contribution in [0.5, 0.6) is 0 Å². The van der Waals surface area contributed by atoms with Crippen LogP contribution in [0.15, 0.2) is 0 Å². The molecule has 0 aliphatic carbocycles. The quantitative estimate of drug-likeness (QED) is 0.282. The summed E-state index contributed by atoms with van der Waals surface area (Å²) in [4.78, 5) is 44.1. The molecule has 7 heteroatoms. The van der Waals surface area contributed by atoms with E-state index in [1.807, 2.05) is 0 Å². The van der Waals surface area contributed by atoms with Gasteiger partial charge in [-0.15, -0.1) is 11.6 Å². The molecule has 0 amide bonds. The van der Waals surface area contributed by atoms with Gasteiger partial charge in [0, 0.05) is 0 Å². The van der Waals surface area contributed by atoms with Crippen LogP contribution >= 0.6 is 11.6 Å². The summed E-state index contributed by atoms with van der Waals surface area (Å²) in [6.45, 7) is 2.95. The first-order valence-electron chi connectivity index (χ1n) is 4.51. The lowest BCUT2D eigenvalue weighted by molar-refractivity contribution is -0.157. The van der Waals surface area contributed by atoms with E-state index in [9.17, 15) is 19.2 Å². The van der Waals surface area contributed by atoms with Crippen LogP contribution in [0.2, 0.25) is 0 Å². The molecule has 0 aromatic carbocycles. The molecule has 16 heavy (non-hydrogen) atoms. The van der Waals surface area contributed by atoms with Gasteiger partial charge in [-0.3, -0.25) is 9.59 Å². The Morgan fingerprint density at radius 3 is 2.00 bits per heavy atom. The molecule has 0 aromatic rings. The molecule has 0 bridgehead atoms. The first kappa shape index (κ1) is 14.6. The van der Waals surface area contributed by atoms with Crippen molar-refractivity contribution in [3.8, 4) is 0 Å². The van der Waals surface area contributed by atoms with E-state index >= 15 is 0 Å². The summed E-state index contributed by atoms with van der Waals surface area (Å²) in [6, 6.07) is 0. The predicted molar refractivity (Wildman–Crippen MR) is 52.9 cm³/mol. The van der Waals surface area contributed by atoms with Crippen LogP contribution < -0.4 is 0 Å². The molecule has 0 spiro atoms. The van der Waals surface area contributed by atoms with Crippen molar-refractivity contribution in [3.05, 3.63) is 0 Å². The number of Topliss-reactive ketones (excluding diaryl/α,β-unsaturated/α-hetero) is 2. The number of halogens is 1. The number of esters is 2. The molecular weight excluding hydrogens is 240 g/mol. The second-order valence-corrected chi connectivity index (χ2v) is 2.96. The summed E-state index contributed by atoms with van der Waals surface area (Å²) < 4.78 is 8.71. The van der Waals surface area contributed by atoms with Crippen LogP contribution in [-0.2, 0) is 28.7 Å². The fourth-order valence-electron chi connectivity index (χ4n) is 0.735. The molecule has 0 radical (unpaired) electrons. The zero-order chi connectivity index (χ0) is 12.7. The van der Waals surface area contributed by atoms with Crippen LogP contribution in [-0.4, -0.2) is 42.1 Å². The Labute approximate surface area is 96.8 Å². The van der Waals surface area contributed by atoms with Gasteiger partial charge in [-0.1, -0.05) is 0 Å². The number of ketones is 2. The highest BCUT2D eigenvalue weighted by Gasteiger charge is 2.35. The van der Waals surface area contributed by atoms with Crippen LogP contribution in [0.1, 0.15) is 13.8 Å². The molecule has 0 saturated heterocycles. The molecule has 0 aliphatic heterocycles. The van der Waals surface area contributed by atoms with Gasteiger partial charge in [-0.2, -0.15) is 0 Å². The average molecular weight is 251 g/mol. The highest BCUT2D eigenvalue weighted by atomic mass is 35.5. The summed E-state index contributed by atoms with van der Waals surface area (Å²) in [7, 11) is 0. The van der Waals surface area contributed by atoms with Crippen molar-refractivity contribution in [1.29, 1.82) is 0 Å². The molecule has 0 rings (SSSR count). The lowest BCUT2D eigenvalue weighted by atomic mass is 10.2. The van der Waals surface area contributed by atoms with Crippen molar-refractivity contribution >= 4 is 35.1 Å². The van der Waals surface area contributed by atoms with E-state index in [4.69, 9.17) is 11.6 Å². The third kappa shape index (κ3) is 3.98. The molecule has 0 aliphatic rings. The fourth-order valence-corrected chi connectivity index (χ4v) is 0.897. The highest BCUT2D eigenvalue weighted by molar-refractivity contribution is 6.69. The number of hydrogen-bond donors (Lipinski definition) is 0. The standard InChI is InChI=1S/C9H11ClO6/c1-3-15-8(13)5(10)6(11)7(12)9(14)16-4-2/h5H,3-4H2,1-2H3. The van der Waals surface area contributed by atoms with E-state index in [1.54, 1.807) is 0 Å². The Bertz CT molecular complexity index is 311. The van der Waals surface area contributed by atoms with Gasteiger partial charge < -0.3 is 9.47 Å². The molecule has 0 heterocycles. The van der Waals surface area contributed by atoms with Gasteiger partial charge in [-0.05, 0) is 13.8 Å². The zero-order valence-electron chi connectivity index (χ0n) is 8.82. The van der Waals surface area contributed by atoms with Crippen molar-refractivity contribution in [2.75, 3.05) is 13.2 Å². The Morgan fingerprint density at radius 1 is 1.06 bits per heavy atom. The van der Waals surface area contributed by atoms with Gasteiger partial charge in [-0.25, -0.2) is 9.59 Å². The second kappa shape index (κ2) is 6.95. The van der Waals surface area contributed by atoms with Gasteiger partial charge in [0.25, 0.3) is 0 Å². The summed E-state index contributed by atoms with van der Waals surface area (Å²) >= 11 is 5.35. The maximum Gasteiger partial charge on any atom is 0.382 e. The number of carbonyl (C=O) groups is 4. The third-order valence-corrected chi connectivity index (χ3v) is 1.78. The van der Waals surface area contributed by atoms with E-state index in [2.05, 4.69) is 9.47 Å². The van der Waals surface area contributed by atoms with Crippen LogP contribution in [0.3, 0.4) is 0 Å². The second-order valence-electron chi connectivity index (χ2n) is 2.53. The van der Waals surface area contributed by atoms with Crippen molar-refractivity contribution in [2.45, 2.75) is 19.2 Å². The Hall–Kier alpha value is -1.43. The molecule has 0 fully saturated rings. The number of ether oxygens (including phenoxy) is 2. The minimum atomic E-state index is -1.81. The summed E-state index contributed by atoms with van der Waals surface area (Å²) in [5, 5.41) is -1.81. The van der Waals surface area contributed by atoms with Gasteiger partial charge in [0.05, 0.1) is 13.2 Å². The molecule has 0 saturated carbocycles. The van der Waals surface area contributed by atoms with Crippen molar-refractivity contribution < 1.29 is 28.7 Å². The smallest absolute Gasteiger partial charge is 0.382 e. The largest absolute Gasteiger partial charge is 0.465 e. The van der Waals surface area contributed by atoms with Gasteiger partial charge in [0.2, 0.25) is 5.78 Å². The van der Waals surface area contributed by atoms with Gasteiger partial charge in [0.15, 0.2) is 5.38 Å². The van der Waals surface area contributed by atoms with Crippen LogP contribution in [0.4, 0.5) is 0 Å². The van der Waals surface area contributed by atoms with Crippen molar-refractivity contribution in [1.82, 2.24) is 0 Å². The number of rotatable bonds is 6. The molecule has 0 aromatic heterocycles. The summed E-state index contributed by atoms with van der Waals surface area (Å²) in [5.74, 6) is -5.21. The Kier molecular flexibility index (Phi) is 6.32. The van der Waals surface area contributed by atoms with Crippen molar-refractivity contribution in [3.63, 3.8) is 0 Å². The monoisotopic (exact) mass is 250 g/mol. The first-order valence-corrected chi connectivity index (χ1v) is 4.95. The number of alkyl halides is 1. The summed E-state index contributed by atoms with van der Waals surface area (Å²) in [5.41, 5.74) is 0. The maximum absolute atomic E-state index is 11.2. The minimum Gasteiger partial charge on any atom is -0.465 e. The summed E-state index contributed by atoms with van der Waals surface area (Å²) in [6.07, 6.45) is 0. The molecule has 6 nitrogen and oxygen atoms in total. The molecule has 1 unspecified atom stereocenters. The van der Waals surface area contributed by atoms with Crippen LogP contribution in [0, 0.1) is 0 Å². The maximum atomic E-state index is 11.2. The average Bonchev–Trinajstić information content (AvgIpc) is 2.26. The first-order chi connectivity index (χ1) is 7.45. The van der Waals surface area contributed by atoms with E-state index in [0.29, 0.717) is 0 Å².